The molecule has 12 nitrogen and oxygen atoms in total. The Morgan fingerprint density at radius 1 is 1.08 bits per heavy atom. The van der Waals surface area contributed by atoms with Gasteiger partial charge >= 0.3 is 5.69 Å². The number of hydrogen-bond donors (Lipinski definition) is 1. The van der Waals surface area contributed by atoms with Crippen LogP contribution in [0.15, 0.2) is 46.0 Å². The number of rotatable bonds is 5. The first kappa shape index (κ1) is 23.4. The zero-order chi connectivity index (χ0) is 25.4. The minimum absolute atomic E-state index is 0.00865. The molecule has 1 saturated heterocycles. The van der Waals surface area contributed by atoms with E-state index in [1.54, 1.807) is 22.6 Å². The fraction of sp³-hybridized carbons (Fsp3) is 0.375. The van der Waals surface area contributed by atoms with Gasteiger partial charge in [0.15, 0.2) is 5.65 Å². The molecule has 1 aliphatic rings. The van der Waals surface area contributed by atoms with Crippen molar-refractivity contribution in [2.75, 3.05) is 31.1 Å². The van der Waals surface area contributed by atoms with Gasteiger partial charge in [-0.05, 0) is 41.5 Å². The van der Waals surface area contributed by atoms with Crippen LogP contribution >= 0.6 is 0 Å². The zero-order valence-electron chi connectivity index (χ0n) is 20.4. The number of benzene rings is 1. The lowest BCUT2D eigenvalue weighted by Crippen LogP contribution is -2.49. The summed E-state index contributed by atoms with van der Waals surface area (Å²) in [5, 5.41) is 12.3. The Balaban J connectivity index is 1.46. The van der Waals surface area contributed by atoms with Crippen LogP contribution in [0.4, 0.5) is 5.95 Å². The van der Waals surface area contributed by atoms with Gasteiger partial charge in [-0.1, -0.05) is 37.1 Å². The van der Waals surface area contributed by atoms with Gasteiger partial charge in [-0.25, -0.2) is 9.78 Å². The van der Waals surface area contributed by atoms with Gasteiger partial charge in [0.2, 0.25) is 5.95 Å². The minimum Gasteiger partial charge on any atom is -0.336 e. The SMILES string of the molecule is CCn1c(=O)[nH]c(=O)c2c(C(=O)N3CCN(c4nnnn4-c4ccccc4)CC3)cc(C(C)C)nc21. The van der Waals surface area contributed by atoms with Crippen LogP contribution in [0, 0.1) is 0 Å². The molecule has 4 aromatic rings. The van der Waals surface area contributed by atoms with Gasteiger partial charge in [0.25, 0.3) is 11.5 Å². The highest BCUT2D eigenvalue weighted by molar-refractivity contribution is 6.05. The molecular weight excluding hydrogens is 462 g/mol. The number of tetrazole rings is 1. The highest BCUT2D eigenvalue weighted by atomic mass is 16.2. The Morgan fingerprint density at radius 2 is 1.81 bits per heavy atom. The van der Waals surface area contributed by atoms with Gasteiger partial charge in [-0.2, -0.15) is 4.68 Å². The van der Waals surface area contributed by atoms with Crippen LogP contribution < -0.4 is 16.1 Å². The highest BCUT2D eigenvalue weighted by Gasteiger charge is 2.28. The van der Waals surface area contributed by atoms with E-state index >= 15 is 0 Å². The second-order valence-corrected chi connectivity index (χ2v) is 8.96. The van der Waals surface area contributed by atoms with Crippen LogP contribution in [0.1, 0.15) is 42.7 Å². The topological polar surface area (TPSA) is 135 Å². The Labute approximate surface area is 206 Å². The molecular formula is C24H27N9O3. The van der Waals surface area contributed by atoms with E-state index in [0.29, 0.717) is 44.4 Å². The summed E-state index contributed by atoms with van der Waals surface area (Å²) in [4.78, 5) is 49.6. The van der Waals surface area contributed by atoms with Crippen LogP contribution in [-0.2, 0) is 6.54 Å². The number of nitrogens with one attached hydrogen (secondary N) is 1. The standard InChI is InChI=1S/C24H27N9O3/c1-4-32-20-19(21(34)26-24(32)36)17(14-18(25-20)15(2)3)22(35)30-10-12-31(13-11-30)23-27-28-29-33(23)16-8-6-5-7-9-16/h5-9,14-15H,4,10-13H2,1-3H3,(H,26,34,36). The Hall–Kier alpha value is -4.35. The summed E-state index contributed by atoms with van der Waals surface area (Å²) in [6.45, 7) is 7.93. The molecule has 1 aromatic carbocycles. The molecule has 186 valence electrons. The summed E-state index contributed by atoms with van der Waals surface area (Å²) < 4.78 is 3.06. The number of carbonyl (C=O) groups excluding carboxylic acids is 1. The van der Waals surface area contributed by atoms with Gasteiger partial charge < -0.3 is 9.80 Å². The molecule has 0 unspecified atom stereocenters. The quantitative estimate of drug-likeness (QED) is 0.441. The van der Waals surface area contributed by atoms with E-state index in [1.807, 2.05) is 49.1 Å². The van der Waals surface area contributed by atoms with Gasteiger partial charge in [0.05, 0.1) is 16.6 Å². The van der Waals surface area contributed by atoms with Crippen molar-refractivity contribution in [3.8, 4) is 5.69 Å². The number of carbonyl (C=O) groups is 1. The van der Waals surface area contributed by atoms with Crippen LogP contribution in [0.25, 0.3) is 16.7 Å². The number of H-pyrrole nitrogens is 1. The van der Waals surface area contributed by atoms with E-state index in [-0.39, 0.29) is 28.4 Å². The number of pyridine rings is 1. The smallest absolute Gasteiger partial charge is 0.329 e. The second-order valence-electron chi connectivity index (χ2n) is 8.96. The molecule has 0 bridgehead atoms. The number of aromatic amines is 1. The first-order chi connectivity index (χ1) is 17.4. The van der Waals surface area contributed by atoms with Crippen molar-refractivity contribution >= 4 is 22.9 Å². The number of anilines is 1. The number of piperazine rings is 1. The van der Waals surface area contributed by atoms with Crippen molar-refractivity contribution in [2.24, 2.45) is 0 Å². The Kier molecular flexibility index (Phi) is 6.08. The Morgan fingerprint density at radius 3 is 2.47 bits per heavy atom. The lowest BCUT2D eigenvalue weighted by atomic mass is 10.0. The third-order valence-corrected chi connectivity index (χ3v) is 6.41. The number of hydrogen-bond acceptors (Lipinski definition) is 8. The average Bonchev–Trinajstić information content (AvgIpc) is 3.38. The fourth-order valence-corrected chi connectivity index (χ4v) is 4.45. The van der Waals surface area contributed by atoms with Crippen LogP contribution in [-0.4, -0.2) is 71.7 Å². The fourth-order valence-electron chi connectivity index (χ4n) is 4.45. The van der Waals surface area contributed by atoms with Gasteiger partial charge in [-0.3, -0.25) is 19.1 Å². The van der Waals surface area contributed by atoms with Crippen molar-refractivity contribution in [1.82, 2.24) is 39.6 Å². The summed E-state index contributed by atoms with van der Waals surface area (Å²) >= 11 is 0. The van der Waals surface area contributed by atoms with Crippen molar-refractivity contribution < 1.29 is 4.79 Å². The number of para-hydroxylation sites is 1. The molecule has 3 aromatic heterocycles. The largest absolute Gasteiger partial charge is 0.336 e. The van der Waals surface area contributed by atoms with Crippen molar-refractivity contribution in [1.29, 1.82) is 0 Å². The van der Waals surface area contributed by atoms with E-state index in [4.69, 9.17) is 0 Å². The van der Waals surface area contributed by atoms with Crippen LogP contribution in [0.3, 0.4) is 0 Å². The van der Waals surface area contributed by atoms with Gasteiger partial charge in [-0.15, -0.1) is 0 Å². The van der Waals surface area contributed by atoms with Gasteiger partial charge in [0.1, 0.15) is 0 Å². The number of fused-ring (bicyclic) bond motifs is 1. The Bertz CT molecular complexity index is 1530. The summed E-state index contributed by atoms with van der Waals surface area (Å²) in [5.41, 5.74) is 0.856. The molecule has 1 aliphatic heterocycles. The lowest BCUT2D eigenvalue weighted by Gasteiger charge is -2.35. The maximum Gasteiger partial charge on any atom is 0.329 e. The van der Waals surface area contributed by atoms with E-state index in [1.165, 1.54) is 4.57 Å². The highest BCUT2D eigenvalue weighted by Crippen LogP contribution is 2.23. The molecule has 4 heterocycles. The molecule has 0 atom stereocenters. The molecule has 0 radical (unpaired) electrons. The predicted octanol–water partition coefficient (Wildman–Crippen LogP) is 1.17. The van der Waals surface area contributed by atoms with E-state index < -0.39 is 11.2 Å². The summed E-state index contributed by atoms with van der Waals surface area (Å²) in [5.74, 6) is 0.348. The zero-order valence-corrected chi connectivity index (χ0v) is 20.4. The average molecular weight is 490 g/mol. The van der Waals surface area contributed by atoms with Crippen LogP contribution in [0.5, 0.6) is 0 Å². The third-order valence-electron chi connectivity index (χ3n) is 6.41. The molecule has 0 aliphatic carbocycles. The molecule has 1 amide bonds. The summed E-state index contributed by atoms with van der Waals surface area (Å²) in [6.07, 6.45) is 0. The maximum absolute atomic E-state index is 13.7. The number of aromatic nitrogens is 7. The first-order valence-electron chi connectivity index (χ1n) is 11.9. The lowest BCUT2D eigenvalue weighted by molar-refractivity contribution is 0.0747. The predicted molar refractivity (Wildman–Crippen MR) is 134 cm³/mol. The molecule has 5 rings (SSSR count). The van der Waals surface area contributed by atoms with E-state index in [2.05, 4.69) is 25.5 Å². The van der Waals surface area contributed by atoms with Crippen molar-refractivity contribution in [3.63, 3.8) is 0 Å². The monoisotopic (exact) mass is 489 g/mol. The van der Waals surface area contributed by atoms with Crippen molar-refractivity contribution in [3.05, 3.63) is 68.5 Å². The molecule has 0 spiro atoms. The molecule has 0 saturated carbocycles. The van der Waals surface area contributed by atoms with E-state index in [0.717, 1.165) is 5.69 Å². The maximum atomic E-state index is 13.7. The number of aryl methyl sites for hydroxylation is 1. The molecule has 36 heavy (non-hydrogen) atoms. The molecule has 12 heteroatoms. The second kappa shape index (κ2) is 9.36. The number of amides is 1. The normalized spacial score (nSPS) is 14.1. The van der Waals surface area contributed by atoms with E-state index in [9.17, 15) is 14.4 Å². The summed E-state index contributed by atoms with van der Waals surface area (Å²) in [6, 6.07) is 11.3. The van der Waals surface area contributed by atoms with Crippen molar-refractivity contribution in [2.45, 2.75) is 33.2 Å². The number of nitrogens with zero attached hydrogens (tertiary/aromatic N) is 8. The minimum atomic E-state index is -0.605. The van der Waals surface area contributed by atoms with Crippen LogP contribution in [0.2, 0.25) is 0 Å². The summed E-state index contributed by atoms with van der Waals surface area (Å²) in [7, 11) is 0. The first-order valence-corrected chi connectivity index (χ1v) is 11.9. The molecule has 1 N–H and O–H groups in total. The van der Waals surface area contributed by atoms with Gasteiger partial charge in [0, 0.05) is 38.4 Å². The third kappa shape index (κ3) is 4.04. The molecule has 1 fully saturated rings.